The largest absolute Gasteiger partial charge is 0.382 e. The predicted octanol–water partition coefficient (Wildman–Crippen LogP) is 4.69. The average Bonchev–Trinajstić information content (AvgIpc) is 3.43. The second-order valence-corrected chi connectivity index (χ2v) is 8.73. The monoisotopic (exact) mass is 481 g/mol. The first-order valence-corrected chi connectivity index (χ1v) is 11.7. The van der Waals surface area contributed by atoms with E-state index in [1.807, 2.05) is 48.2 Å². The number of aromatic nitrogens is 3. The molecule has 1 unspecified atom stereocenters. The molecule has 1 amide bonds. The van der Waals surface area contributed by atoms with Gasteiger partial charge in [-0.15, -0.1) is 0 Å². The number of hydrogen-bond donors (Lipinski definition) is 2. The maximum Gasteiger partial charge on any atom is 0.255 e. The van der Waals surface area contributed by atoms with Gasteiger partial charge in [0.25, 0.3) is 5.91 Å². The number of nitrogens with one attached hydrogen (secondary N) is 1. The lowest BCUT2D eigenvalue weighted by atomic mass is 9.91. The molecular formula is C27H24FN7O. The van der Waals surface area contributed by atoms with Crippen LogP contribution in [0.3, 0.4) is 0 Å². The molecule has 1 saturated heterocycles. The van der Waals surface area contributed by atoms with E-state index in [1.54, 1.807) is 6.07 Å². The smallest absolute Gasteiger partial charge is 0.255 e. The van der Waals surface area contributed by atoms with Crippen LogP contribution in [0.25, 0.3) is 22.0 Å². The minimum Gasteiger partial charge on any atom is -0.382 e. The summed E-state index contributed by atoms with van der Waals surface area (Å²) < 4.78 is 14.4. The molecule has 3 N–H and O–H groups in total. The summed E-state index contributed by atoms with van der Waals surface area (Å²) in [5.74, 6) is -0.253. The van der Waals surface area contributed by atoms with Crippen LogP contribution in [0.15, 0.2) is 54.9 Å². The van der Waals surface area contributed by atoms with Gasteiger partial charge in [0.15, 0.2) is 0 Å². The van der Waals surface area contributed by atoms with Crippen LogP contribution in [0.5, 0.6) is 0 Å². The van der Waals surface area contributed by atoms with Gasteiger partial charge in [-0.05, 0) is 43.5 Å². The van der Waals surface area contributed by atoms with Crippen molar-refractivity contribution in [1.82, 2.24) is 19.9 Å². The summed E-state index contributed by atoms with van der Waals surface area (Å²) >= 11 is 0. The van der Waals surface area contributed by atoms with Crippen molar-refractivity contribution in [3.63, 3.8) is 0 Å². The summed E-state index contributed by atoms with van der Waals surface area (Å²) in [5, 5.41) is 13.3. The maximum atomic E-state index is 14.4. The number of halogens is 1. The fourth-order valence-electron chi connectivity index (χ4n) is 4.66. The summed E-state index contributed by atoms with van der Waals surface area (Å²) in [5.41, 5.74) is 8.89. The Bertz CT molecular complexity index is 1490. The number of carbonyl (C=O) groups excluding carboxylic acids is 1. The zero-order chi connectivity index (χ0) is 25.2. The Kier molecular flexibility index (Phi) is 6.17. The van der Waals surface area contributed by atoms with E-state index in [9.17, 15) is 14.4 Å². The van der Waals surface area contributed by atoms with Gasteiger partial charge in [-0.25, -0.2) is 19.3 Å². The van der Waals surface area contributed by atoms with Gasteiger partial charge in [0.05, 0.1) is 22.8 Å². The van der Waals surface area contributed by atoms with Crippen LogP contribution in [-0.4, -0.2) is 38.8 Å². The third-order valence-corrected chi connectivity index (χ3v) is 6.40. The second-order valence-electron chi connectivity index (χ2n) is 8.73. The van der Waals surface area contributed by atoms with Crippen LogP contribution in [0.1, 0.15) is 47.4 Å². The van der Waals surface area contributed by atoms with Crippen molar-refractivity contribution in [2.24, 2.45) is 0 Å². The molecule has 180 valence electrons. The number of benzene rings is 2. The molecular weight excluding hydrogens is 457 g/mol. The molecule has 0 spiro atoms. The first-order chi connectivity index (χ1) is 17.5. The van der Waals surface area contributed by atoms with Crippen molar-refractivity contribution in [1.29, 1.82) is 5.26 Å². The van der Waals surface area contributed by atoms with Gasteiger partial charge in [-0.3, -0.25) is 4.79 Å². The molecule has 2 aromatic carbocycles. The summed E-state index contributed by atoms with van der Waals surface area (Å²) in [4.78, 5) is 28.7. The number of pyridine rings is 1. The number of nitrogens with two attached hydrogens (primary N) is 1. The number of nitrogens with zero attached hydrogens (tertiary/aromatic N) is 5. The number of hydrogen-bond acceptors (Lipinski definition) is 7. The van der Waals surface area contributed by atoms with Crippen molar-refractivity contribution in [3.8, 4) is 17.2 Å². The van der Waals surface area contributed by atoms with Crippen molar-refractivity contribution < 1.29 is 9.18 Å². The summed E-state index contributed by atoms with van der Waals surface area (Å²) in [6.45, 7) is 3.18. The molecule has 1 aliphatic rings. The first-order valence-electron chi connectivity index (χ1n) is 11.7. The molecule has 1 atom stereocenters. The minimum atomic E-state index is -0.485. The predicted molar refractivity (Wildman–Crippen MR) is 135 cm³/mol. The Morgan fingerprint density at radius 3 is 2.64 bits per heavy atom. The van der Waals surface area contributed by atoms with Gasteiger partial charge < -0.3 is 16.0 Å². The molecule has 2 aromatic heterocycles. The zero-order valence-corrected chi connectivity index (χ0v) is 19.7. The van der Waals surface area contributed by atoms with Crippen molar-refractivity contribution in [3.05, 3.63) is 77.5 Å². The molecule has 36 heavy (non-hydrogen) atoms. The number of amides is 1. The quantitative estimate of drug-likeness (QED) is 0.424. The van der Waals surface area contributed by atoms with E-state index < -0.39 is 11.9 Å². The SMILES string of the molecule is CC(Nc1ncnc(N)c1C#N)c1nc2ccc(F)cc2c(C(=O)N2CCCC2)c1-c1ccccc1. The van der Waals surface area contributed by atoms with Crippen molar-refractivity contribution >= 4 is 28.4 Å². The van der Waals surface area contributed by atoms with Crippen LogP contribution >= 0.6 is 0 Å². The molecule has 0 aliphatic carbocycles. The minimum absolute atomic E-state index is 0.0670. The van der Waals surface area contributed by atoms with E-state index in [0.29, 0.717) is 40.8 Å². The molecule has 0 saturated carbocycles. The van der Waals surface area contributed by atoms with Gasteiger partial charge in [0, 0.05) is 24.0 Å². The molecule has 8 nitrogen and oxygen atoms in total. The van der Waals surface area contributed by atoms with Gasteiger partial charge in [-0.2, -0.15) is 5.26 Å². The Morgan fingerprint density at radius 2 is 1.92 bits per heavy atom. The van der Waals surface area contributed by atoms with E-state index >= 15 is 0 Å². The molecule has 4 aromatic rings. The summed E-state index contributed by atoms with van der Waals surface area (Å²) in [6.07, 6.45) is 3.14. The number of fused-ring (bicyclic) bond motifs is 1. The normalized spacial score (nSPS) is 14.0. The van der Waals surface area contributed by atoms with E-state index in [1.165, 1.54) is 18.5 Å². The van der Waals surface area contributed by atoms with E-state index in [-0.39, 0.29) is 23.1 Å². The van der Waals surface area contributed by atoms with Gasteiger partial charge >= 0.3 is 0 Å². The number of anilines is 2. The standard InChI is InChI=1S/C27H24FN7O/c1-16(33-26-20(14-29)25(30)31-15-32-26)24-22(17-7-3-2-4-8-17)23(27(36)35-11-5-6-12-35)19-13-18(28)9-10-21(19)34-24/h2-4,7-10,13,15-16H,5-6,11-12H2,1H3,(H3,30,31,32,33). The highest BCUT2D eigenvalue weighted by Crippen LogP contribution is 2.37. The zero-order valence-electron chi connectivity index (χ0n) is 19.7. The number of nitriles is 1. The van der Waals surface area contributed by atoms with Gasteiger partial charge in [0.1, 0.15) is 35.4 Å². The van der Waals surface area contributed by atoms with Crippen LogP contribution in [0.2, 0.25) is 0 Å². The van der Waals surface area contributed by atoms with Crippen LogP contribution in [-0.2, 0) is 0 Å². The van der Waals surface area contributed by atoms with Gasteiger partial charge in [-0.1, -0.05) is 30.3 Å². The Balaban J connectivity index is 1.76. The third-order valence-electron chi connectivity index (χ3n) is 6.40. The lowest BCUT2D eigenvalue weighted by Gasteiger charge is -2.24. The second kappa shape index (κ2) is 9.58. The van der Waals surface area contributed by atoms with E-state index in [2.05, 4.69) is 15.3 Å². The lowest BCUT2D eigenvalue weighted by molar-refractivity contribution is 0.0795. The number of carbonyl (C=O) groups is 1. The molecule has 0 radical (unpaired) electrons. The number of nitrogen functional groups attached to an aromatic ring is 1. The fourth-order valence-corrected chi connectivity index (χ4v) is 4.66. The average molecular weight is 482 g/mol. The maximum absolute atomic E-state index is 14.4. The van der Waals surface area contributed by atoms with Crippen LogP contribution in [0, 0.1) is 17.1 Å². The Morgan fingerprint density at radius 1 is 1.17 bits per heavy atom. The highest BCUT2D eigenvalue weighted by molar-refractivity contribution is 6.12. The highest BCUT2D eigenvalue weighted by atomic mass is 19.1. The first kappa shape index (κ1) is 23.2. The molecule has 1 fully saturated rings. The number of rotatable bonds is 5. The summed E-state index contributed by atoms with van der Waals surface area (Å²) in [6, 6.07) is 15.3. The Labute approximate surface area is 207 Å². The molecule has 3 heterocycles. The third kappa shape index (κ3) is 4.18. The van der Waals surface area contributed by atoms with Crippen molar-refractivity contribution in [2.75, 3.05) is 24.1 Å². The molecule has 0 bridgehead atoms. The van der Waals surface area contributed by atoms with Gasteiger partial charge in [0.2, 0.25) is 0 Å². The van der Waals surface area contributed by atoms with Crippen LogP contribution in [0.4, 0.5) is 16.0 Å². The van der Waals surface area contributed by atoms with E-state index in [0.717, 1.165) is 18.4 Å². The van der Waals surface area contributed by atoms with E-state index in [4.69, 9.17) is 10.7 Å². The topological polar surface area (TPSA) is 121 Å². The summed E-state index contributed by atoms with van der Waals surface area (Å²) in [7, 11) is 0. The van der Waals surface area contributed by atoms with Crippen molar-refractivity contribution in [2.45, 2.75) is 25.8 Å². The fraction of sp³-hybridized carbons (Fsp3) is 0.222. The molecule has 9 heteroatoms. The number of likely N-dealkylation sites (tertiary alicyclic amines) is 1. The van der Waals surface area contributed by atoms with Crippen LogP contribution < -0.4 is 11.1 Å². The highest BCUT2D eigenvalue weighted by Gasteiger charge is 2.29. The lowest BCUT2D eigenvalue weighted by Crippen LogP contribution is -2.29. The molecule has 1 aliphatic heterocycles. The molecule has 5 rings (SSSR count). The Hall–Kier alpha value is -4.58.